The van der Waals surface area contributed by atoms with Crippen LogP contribution in [0.5, 0.6) is 0 Å². The Kier molecular flexibility index (Phi) is 5.64. The van der Waals surface area contributed by atoms with Gasteiger partial charge in [-0.05, 0) is 58.2 Å². The second-order valence-corrected chi connectivity index (χ2v) is 6.38. The van der Waals surface area contributed by atoms with Crippen molar-refractivity contribution in [3.63, 3.8) is 0 Å². The summed E-state index contributed by atoms with van der Waals surface area (Å²) in [5.41, 5.74) is 6.04. The lowest BCUT2D eigenvalue weighted by Gasteiger charge is -2.30. The highest BCUT2D eigenvalue weighted by molar-refractivity contribution is 5.79. The van der Waals surface area contributed by atoms with Gasteiger partial charge in [-0.2, -0.15) is 0 Å². The van der Waals surface area contributed by atoms with Crippen LogP contribution in [0.4, 0.5) is 0 Å². The molecule has 19 heavy (non-hydrogen) atoms. The number of nitrogens with one attached hydrogen (secondary N) is 1. The lowest BCUT2D eigenvalue weighted by molar-refractivity contribution is -0.126. The molecule has 0 aromatic heterocycles. The Labute approximate surface area is 117 Å². The fourth-order valence-electron chi connectivity index (χ4n) is 3.37. The predicted molar refractivity (Wildman–Crippen MR) is 77.8 cm³/mol. The normalized spacial score (nSPS) is 30.2. The van der Waals surface area contributed by atoms with Crippen molar-refractivity contribution in [1.82, 2.24) is 10.2 Å². The quantitative estimate of drug-likeness (QED) is 0.808. The molecule has 3 N–H and O–H groups in total. The third-order valence-corrected chi connectivity index (χ3v) is 4.85. The first kappa shape index (κ1) is 14.8. The van der Waals surface area contributed by atoms with Crippen LogP contribution in [0, 0.1) is 11.8 Å². The highest BCUT2D eigenvalue weighted by Gasteiger charge is 2.28. The molecule has 0 aromatic rings. The fourth-order valence-corrected chi connectivity index (χ4v) is 3.37. The molecule has 4 heteroatoms. The summed E-state index contributed by atoms with van der Waals surface area (Å²) in [5, 5.41) is 3.11. The zero-order chi connectivity index (χ0) is 13.7. The minimum absolute atomic E-state index is 0.0613. The van der Waals surface area contributed by atoms with Crippen LogP contribution in [-0.2, 0) is 4.79 Å². The molecule has 2 rings (SSSR count). The molecule has 0 bridgehead atoms. The van der Waals surface area contributed by atoms with E-state index in [9.17, 15) is 4.79 Å². The van der Waals surface area contributed by atoms with Gasteiger partial charge < -0.3 is 16.0 Å². The van der Waals surface area contributed by atoms with E-state index in [1.54, 1.807) is 0 Å². The number of carbonyl (C=O) groups is 1. The summed E-state index contributed by atoms with van der Waals surface area (Å²) in [7, 11) is 2.18. The topological polar surface area (TPSA) is 58.4 Å². The third-order valence-electron chi connectivity index (χ3n) is 4.85. The summed E-state index contributed by atoms with van der Waals surface area (Å²) < 4.78 is 0. The Morgan fingerprint density at radius 1 is 1.21 bits per heavy atom. The Balaban J connectivity index is 1.63. The molecule has 1 aliphatic heterocycles. The number of likely N-dealkylation sites (tertiary alicyclic amines) is 1. The van der Waals surface area contributed by atoms with E-state index >= 15 is 0 Å². The number of carbonyl (C=O) groups excluding carboxylic acids is 1. The van der Waals surface area contributed by atoms with Crippen molar-refractivity contribution in [2.75, 3.05) is 26.7 Å². The number of hydrogen-bond donors (Lipinski definition) is 2. The molecule has 1 saturated heterocycles. The molecule has 0 radical (unpaired) electrons. The van der Waals surface area contributed by atoms with Crippen LogP contribution in [-0.4, -0.2) is 43.5 Å². The SMILES string of the molecule is CN1CCC(CCNC(=O)C2CCCCC2N)CC1. The van der Waals surface area contributed by atoms with Crippen LogP contribution < -0.4 is 11.1 Å². The van der Waals surface area contributed by atoms with Gasteiger partial charge in [-0.15, -0.1) is 0 Å². The Morgan fingerprint density at radius 2 is 1.89 bits per heavy atom. The number of nitrogens with zero attached hydrogens (tertiary/aromatic N) is 1. The zero-order valence-electron chi connectivity index (χ0n) is 12.2. The van der Waals surface area contributed by atoms with E-state index in [-0.39, 0.29) is 17.9 Å². The molecule has 2 unspecified atom stereocenters. The molecule has 4 nitrogen and oxygen atoms in total. The number of amides is 1. The molecular weight excluding hydrogens is 238 g/mol. The van der Waals surface area contributed by atoms with Crippen LogP contribution >= 0.6 is 0 Å². The summed E-state index contributed by atoms with van der Waals surface area (Å²) in [4.78, 5) is 14.5. The zero-order valence-corrected chi connectivity index (χ0v) is 12.2. The van der Waals surface area contributed by atoms with Gasteiger partial charge in [0.25, 0.3) is 0 Å². The largest absolute Gasteiger partial charge is 0.356 e. The van der Waals surface area contributed by atoms with Gasteiger partial charge >= 0.3 is 0 Å². The van der Waals surface area contributed by atoms with Crippen molar-refractivity contribution in [3.8, 4) is 0 Å². The number of nitrogens with two attached hydrogens (primary N) is 1. The first-order chi connectivity index (χ1) is 9.16. The predicted octanol–water partition coefficient (Wildman–Crippen LogP) is 1.35. The maximum absolute atomic E-state index is 12.1. The van der Waals surface area contributed by atoms with Crippen molar-refractivity contribution >= 4 is 5.91 Å². The van der Waals surface area contributed by atoms with Gasteiger partial charge in [0.2, 0.25) is 5.91 Å². The summed E-state index contributed by atoms with van der Waals surface area (Å²) >= 11 is 0. The van der Waals surface area contributed by atoms with E-state index in [0.29, 0.717) is 0 Å². The number of rotatable bonds is 4. The molecule has 1 amide bonds. The smallest absolute Gasteiger partial charge is 0.224 e. The number of hydrogen-bond acceptors (Lipinski definition) is 3. The molecule has 1 heterocycles. The number of piperidine rings is 1. The van der Waals surface area contributed by atoms with Gasteiger partial charge in [0.15, 0.2) is 0 Å². The Bertz CT molecular complexity index is 287. The van der Waals surface area contributed by atoms with E-state index in [1.807, 2.05) is 0 Å². The van der Waals surface area contributed by atoms with Crippen molar-refractivity contribution < 1.29 is 4.79 Å². The minimum atomic E-state index is 0.0613. The summed E-state index contributed by atoms with van der Waals surface area (Å²) in [6.07, 6.45) is 7.99. The van der Waals surface area contributed by atoms with Crippen LogP contribution in [0.3, 0.4) is 0 Å². The highest BCUT2D eigenvalue weighted by Crippen LogP contribution is 2.23. The first-order valence-corrected chi connectivity index (χ1v) is 7.88. The van der Waals surface area contributed by atoms with Gasteiger partial charge in [0.05, 0.1) is 5.92 Å². The third kappa shape index (κ3) is 4.46. The molecule has 1 saturated carbocycles. The maximum Gasteiger partial charge on any atom is 0.224 e. The molecule has 110 valence electrons. The molecule has 2 atom stereocenters. The van der Waals surface area contributed by atoms with Crippen LogP contribution in [0.1, 0.15) is 44.9 Å². The lowest BCUT2D eigenvalue weighted by Crippen LogP contribution is -2.44. The van der Waals surface area contributed by atoms with E-state index in [2.05, 4.69) is 17.3 Å². The van der Waals surface area contributed by atoms with E-state index < -0.39 is 0 Å². The van der Waals surface area contributed by atoms with Gasteiger partial charge in [0.1, 0.15) is 0 Å². The molecule has 2 fully saturated rings. The van der Waals surface area contributed by atoms with Crippen molar-refractivity contribution in [2.24, 2.45) is 17.6 Å². The van der Waals surface area contributed by atoms with Crippen molar-refractivity contribution in [2.45, 2.75) is 51.0 Å². The van der Waals surface area contributed by atoms with Crippen molar-refractivity contribution in [1.29, 1.82) is 0 Å². The standard InChI is InChI=1S/C15H29N3O/c1-18-10-7-12(8-11-18)6-9-17-15(19)13-4-2-3-5-14(13)16/h12-14H,2-11,16H2,1H3,(H,17,19). The van der Waals surface area contributed by atoms with Gasteiger partial charge in [-0.25, -0.2) is 0 Å². The van der Waals surface area contributed by atoms with Crippen molar-refractivity contribution in [3.05, 3.63) is 0 Å². The van der Waals surface area contributed by atoms with Crippen LogP contribution in [0.25, 0.3) is 0 Å². The second-order valence-electron chi connectivity index (χ2n) is 6.38. The second kappa shape index (κ2) is 7.25. The summed E-state index contributed by atoms with van der Waals surface area (Å²) in [5.74, 6) is 1.04. The molecule has 0 aromatic carbocycles. The lowest BCUT2D eigenvalue weighted by atomic mass is 9.84. The van der Waals surface area contributed by atoms with E-state index in [4.69, 9.17) is 5.73 Å². The highest BCUT2D eigenvalue weighted by atomic mass is 16.1. The first-order valence-electron chi connectivity index (χ1n) is 7.88. The van der Waals surface area contributed by atoms with E-state index in [1.165, 1.54) is 32.4 Å². The Hall–Kier alpha value is -0.610. The van der Waals surface area contributed by atoms with Crippen LogP contribution in [0.2, 0.25) is 0 Å². The average molecular weight is 267 g/mol. The Morgan fingerprint density at radius 3 is 2.58 bits per heavy atom. The molecule has 2 aliphatic rings. The molecular formula is C15H29N3O. The van der Waals surface area contributed by atoms with Gasteiger partial charge in [-0.1, -0.05) is 12.8 Å². The monoisotopic (exact) mass is 267 g/mol. The molecule has 0 spiro atoms. The summed E-state index contributed by atoms with van der Waals surface area (Å²) in [6.45, 7) is 3.23. The van der Waals surface area contributed by atoms with Crippen LogP contribution in [0.15, 0.2) is 0 Å². The summed E-state index contributed by atoms with van der Waals surface area (Å²) in [6, 6.07) is 0.0806. The van der Waals surface area contributed by atoms with E-state index in [0.717, 1.165) is 38.1 Å². The van der Waals surface area contributed by atoms with Gasteiger partial charge in [0, 0.05) is 12.6 Å². The maximum atomic E-state index is 12.1. The average Bonchev–Trinajstić information content (AvgIpc) is 2.41. The fraction of sp³-hybridized carbons (Fsp3) is 0.933. The minimum Gasteiger partial charge on any atom is -0.356 e. The van der Waals surface area contributed by atoms with Gasteiger partial charge in [-0.3, -0.25) is 4.79 Å². The molecule has 1 aliphatic carbocycles.